The number of unbranched alkanes of at least 4 members (excludes halogenated alkanes) is 7. The minimum absolute atomic E-state index is 0.0121. The molecule has 1 unspecified atom stereocenters. The van der Waals surface area contributed by atoms with Crippen LogP contribution in [0.25, 0.3) is 0 Å². The van der Waals surface area contributed by atoms with E-state index in [0.29, 0.717) is 6.42 Å². The molecule has 0 radical (unpaired) electrons. The van der Waals surface area contributed by atoms with E-state index in [4.69, 9.17) is 4.74 Å². The molecule has 108 valence electrons. The summed E-state index contributed by atoms with van der Waals surface area (Å²) in [6.07, 6.45) is 12.9. The van der Waals surface area contributed by atoms with Crippen LogP contribution >= 0.6 is 0 Å². The van der Waals surface area contributed by atoms with Crippen molar-refractivity contribution < 1.29 is 9.53 Å². The molecule has 0 N–H and O–H groups in total. The Bertz CT molecular complexity index is 190. The lowest BCUT2D eigenvalue weighted by Crippen LogP contribution is -2.14. The second-order valence-corrected chi connectivity index (χ2v) is 5.31. The van der Waals surface area contributed by atoms with Crippen LogP contribution in [0.15, 0.2) is 0 Å². The quantitative estimate of drug-likeness (QED) is 0.352. The molecule has 1 atom stereocenters. The fourth-order valence-corrected chi connectivity index (χ4v) is 2.15. The Morgan fingerprint density at radius 1 is 0.889 bits per heavy atom. The molecule has 0 aliphatic rings. The Balaban J connectivity index is 3.25. The first-order valence-electron chi connectivity index (χ1n) is 7.90. The van der Waals surface area contributed by atoms with Crippen LogP contribution in [0.4, 0.5) is 0 Å². The average Bonchev–Trinajstić information content (AvgIpc) is 2.32. The first-order chi connectivity index (χ1) is 8.70. The monoisotopic (exact) mass is 256 g/mol. The van der Waals surface area contributed by atoms with Crippen LogP contribution in [0.5, 0.6) is 0 Å². The molecule has 2 nitrogen and oxygen atoms in total. The number of hydrogen-bond donors (Lipinski definition) is 0. The molecule has 0 heterocycles. The van der Waals surface area contributed by atoms with Crippen LogP contribution in [0.3, 0.4) is 0 Å². The first kappa shape index (κ1) is 17.5. The summed E-state index contributed by atoms with van der Waals surface area (Å²) < 4.78 is 5.31. The van der Waals surface area contributed by atoms with Gasteiger partial charge >= 0.3 is 5.97 Å². The van der Waals surface area contributed by atoms with Crippen molar-refractivity contribution >= 4 is 5.97 Å². The van der Waals surface area contributed by atoms with Crippen molar-refractivity contribution in [1.82, 2.24) is 0 Å². The molecule has 0 fully saturated rings. The molecule has 0 aliphatic heterocycles. The molecule has 0 aliphatic carbocycles. The van der Waals surface area contributed by atoms with E-state index >= 15 is 0 Å². The SMILES string of the molecule is CCCCCCCCCCC(=O)OC(C)CCC. The molecule has 0 spiro atoms. The van der Waals surface area contributed by atoms with Gasteiger partial charge in [0.05, 0.1) is 6.10 Å². The summed E-state index contributed by atoms with van der Waals surface area (Å²) in [4.78, 5) is 11.5. The summed E-state index contributed by atoms with van der Waals surface area (Å²) in [5.74, 6) is -0.0121. The Morgan fingerprint density at radius 3 is 2.00 bits per heavy atom. The van der Waals surface area contributed by atoms with Crippen molar-refractivity contribution in [2.45, 2.75) is 97.5 Å². The lowest BCUT2D eigenvalue weighted by Gasteiger charge is -2.11. The van der Waals surface area contributed by atoms with E-state index in [1.807, 2.05) is 6.92 Å². The second-order valence-electron chi connectivity index (χ2n) is 5.31. The molecule has 0 aromatic rings. The van der Waals surface area contributed by atoms with Crippen LogP contribution in [0, 0.1) is 0 Å². The van der Waals surface area contributed by atoms with E-state index in [-0.39, 0.29) is 12.1 Å². The highest BCUT2D eigenvalue weighted by molar-refractivity contribution is 5.69. The highest BCUT2D eigenvalue weighted by Crippen LogP contribution is 2.10. The van der Waals surface area contributed by atoms with Gasteiger partial charge < -0.3 is 4.74 Å². The molecule has 0 saturated carbocycles. The van der Waals surface area contributed by atoms with E-state index in [1.165, 1.54) is 44.9 Å². The molecular weight excluding hydrogens is 224 g/mol. The lowest BCUT2D eigenvalue weighted by atomic mass is 10.1. The molecule has 0 aromatic carbocycles. The fraction of sp³-hybridized carbons (Fsp3) is 0.938. The van der Waals surface area contributed by atoms with Crippen molar-refractivity contribution in [3.8, 4) is 0 Å². The third kappa shape index (κ3) is 11.9. The number of esters is 1. The van der Waals surface area contributed by atoms with Crippen LogP contribution in [-0.4, -0.2) is 12.1 Å². The van der Waals surface area contributed by atoms with E-state index in [1.54, 1.807) is 0 Å². The van der Waals surface area contributed by atoms with Gasteiger partial charge in [-0.2, -0.15) is 0 Å². The Morgan fingerprint density at radius 2 is 1.44 bits per heavy atom. The normalized spacial score (nSPS) is 12.4. The van der Waals surface area contributed by atoms with Gasteiger partial charge in [-0.3, -0.25) is 4.79 Å². The van der Waals surface area contributed by atoms with Gasteiger partial charge in [0.15, 0.2) is 0 Å². The summed E-state index contributed by atoms with van der Waals surface area (Å²) in [5.41, 5.74) is 0. The average molecular weight is 256 g/mol. The highest BCUT2D eigenvalue weighted by atomic mass is 16.5. The van der Waals surface area contributed by atoms with Crippen molar-refractivity contribution in [2.24, 2.45) is 0 Å². The van der Waals surface area contributed by atoms with E-state index in [2.05, 4.69) is 13.8 Å². The van der Waals surface area contributed by atoms with Gasteiger partial charge in [0.25, 0.3) is 0 Å². The predicted molar refractivity (Wildman–Crippen MR) is 77.7 cm³/mol. The number of carbonyl (C=O) groups is 1. The van der Waals surface area contributed by atoms with Crippen LogP contribution in [-0.2, 0) is 9.53 Å². The van der Waals surface area contributed by atoms with E-state index in [0.717, 1.165) is 19.3 Å². The van der Waals surface area contributed by atoms with Gasteiger partial charge in [0.2, 0.25) is 0 Å². The number of rotatable bonds is 12. The number of carbonyl (C=O) groups excluding carboxylic acids is 1. The maximum Gasteiger partial charge on any atom is 0.306 e. The molecule has 0 bridgehead atoms. The number of ether oxygens (including phenoxy) is 1. The molecule has 2 heteroatoms. The van der Waals surface area contributed by atoms with Gasteiger partial charge in [0.1, 0.15) is 0 Å². The fourth-order valence-electron chi connectivity index (χ4n) is 2.15. The highest BCUT2D eigenvalue weighted by Gasteiger charge is 2.07. The summed E-state index contributed by atoms with van der Waals surface area (Å²) >= 11 is 0. The van der Waals surface area contributed by atoms with E-state index in [9.17, 15) is 4.79 Å². The summed E-state index contributed by atoms with van der Waals surface area (Å²) in [7, 11) is 0. The molecule has 0 rings (SSSR count). The van der Waals surface area contributed by atoms with Crippen molar-refractivity contribution in [1.29, 1.82) is 0 Å². The zero-order chi connectivity index (χ0) is 13.6. The molecule has 0 aromatic heterocycles. The second kappa shape index (κ2) is 12.9. The van der Waals surface area contributed by atoms with Gasteiger partial charge in [-0.25, -0.2) is 0 Å². The zero-order valence-electron chi connectivity index (χ0n) is 12.7. The maximum atomic E-state index is 11.5. The minimum Gasteiger partial charge on any atom is -0.463 e. The first-order valence-corrected chi connectivity index (χ1v) is 7.90. The lowest BCUT2D eigenvalue weighted by molar-refractivity contribution is -0.148. The molecular formula is C16H32O2. The largest absolute Gasteiger partial charge is 0.463 e. The Kier molecular flexibility index (Phi) is 12.5. The zero-order valence-corrected chi connectivity index (χ0v) is 12.7. The summed E-state index contributed by atoms with van der Waals surface area (Å²) in [5, 5.41) is 0. The van der Waals surface area contributed by atoms with Gasteiger partial charge in [-0.15, -0.1) is 0 Å². The standard InChI is InChI=1S/C16H32O2/c1-4-6-7-8-9-10-11-12-14-16(17)18-15(3)13-5-2/h15H,4-14H2,1-3H3. The van der Waals surface area contributed by atoms with Crippen molar-refractivity contribution in [2.75, 3.05) is 0 Å². The molecule has 0 saturated heterocycles. The maximum absolute atomic E-state index is 11.5. The summed E-state index contributed by atoms with van der Waals surface area (Å²) in [6.45, 7) is 6.34. The van der Waals surface area contributed by atoms with Crippen molar-refractivity contribution in [3.05, 3.63) is 0 Å². The Labute approximate surface area is 113 Å². The van der Waals surface area contributed by atoms with Crippen LogP contribution in [0.1, 0.15) is 91.4 Å². The smallest absolute Gasteiger partial charge is 0.306 e. The molecule has 0 amide bonds. The van der Waals surface area contributed by atoms with Crippen LogP contribution < -0.4 is 0 Å². The van der Waals surface area contributed by atoms with Crippen molar-refractivity contribution in [3.63, 3.8) is 0 Å². The minimum atomic E-state index is -0.0121. The van der Waals surface area contributed by atoms with E-state index < -0.39 is 0 Å². The van der Waals surface area contributed by atoms with Gasteiger partial charge in [-0.1, -0.05) is 65.2 Å². The third-order valence-corrected chi connectivity index (χ3v) is 3.26. The van der Waals surface area contributed by atoms with Crippen LogP contribution in [0.2, 0.25) is 0 Å². The third-order valence-electron chi connectivity index (χ3n) is 3.26. The Hall–Kier alpha value is -0.530. The number of hydrogen-bond acceptors (Lipinski definition) is 2. The van der Waals surface area contributed by atoms with Gasteiger partial charge in [0, 0.05) is 6.42 Å². The predicted octanol–water partition coefficient (Wildman–Crippen LogP) is 5.25. The topological polar surface area (TPSA) is 26.3 Å². The van der Waals surface area contributed by atoms with Gasteiger partial charge in [-0.05, 0) is 19.8 Å². The summed E-state index contributed by atoms with van der Waals surface area (Å²) in [6, 6.07) is 0. The molecule has 18 heavy (non-hydrogen) atoms.